The van der Waals surface area contributed by atoms with Gasteiger partial charge < -0.3 is 9.84 Å². The van der Waals surface area contributed by atoms with Gasteiger partial charge in [0, 0.05) is 13.5 Å². The molecule has 0 aliphatic carbocycles. The molecule has 1 N–H and O–H groups in total. The fraction of sp³-hybridized carbons (Fsp3) is 0.778. The van der Waals surface area contributed by atoms with Crippen LogP contribution in [0.4, 0.5) is 0 Å². The van der Waals surface area contributed by atoms with Crippen molar-refractivity contribution >= 4 is 0 Å². The predicted octanol–water partition coefficient (Wildman–Crippen LogP) is 0.202. The van der Waals surface area contributed by atoms with Crippen LogP contribution in [0.15, 0.2) is 6.20 Å². The van der Waals surface area contributed by atoms with Crippen LogP contribution in [0.25, 0.3) is 0 Å². The van der Waals surface area contributed by atoms with Gasteiger partial charge in [0.05, 0.1) is 24.1 Å². The zero-order valence-corrected chi connectivity index (χ0v) is 8.69. The number of hydrogen-bond acceptors (Lipinski definition) is 4. The average Bonchev–Trinajstić information content (AvgIpc) is 2.59. The average molecular weight is 197 g/mol. The molecule has 1 aliphatic heterocycles. The molecule has 1 saturated heterocycles. The molecule has 1 atom stereocenters. The van der Waals surface area contributed by atoms with Crippen LogP contribution in [0.2, 0.25) is 0 Å². The standard InChI is InChI=1S/C9H15N3O2/c1-8(2)9(13,4-5-14-8)7-6-10-11-12(7)3/h6,13H,4-5H2,1-3H3. The lowest BCUT2D eigenvalue weighted by Crippen LogP contribution is -2.44. The van der Waals surface area contributed by atoms with Gasteiger partial charge in [-0.3, -0.25) is 0 Å². The van der Waals surface area contributed by atoms with E-state index in [2.05, 4.69) is 10.3 Å². The number of aryl methyl sites for hydroxylation is 1. The molecule has 78 valence electrons. The highest BCUT2D eigenvalue weighted by Crippen LogP contribution is 2.42. The Kier molecular flexibility index (Phi) is 1.90. The summed E-state index contributed by atoms with van der Waals surface area (Å²) >= 11 is 0. The van der Waals surface area contributed by atoms with Crippen LogP contribution in [0.5, 0.6) is 0 Å². The largest absolute Gasteiger partial charge is 0.380 e. The summed E-state index contributed by atoms with van der Waals surface area (Å²) in [6, 6.07) is 0. The Bertz CT molecular complexity index is 348. The molecule has 0 saturated carbocycles. The topological polar surface area (TPSA) is 60.2 Å². The molecule has 1 fully saturated rings. The lowest BCUT2D eigenvalue weighted by atomic mass is 9.83. The van der Waals surface area contributed by atoms with E-state index in [4.69, 9.17) is 4.74 Å². The van der Waals surface area contributed by atoms with Crippen LogP contribution in [-0.2, 0) is 17.4 Å². The third-order valence-electron chi connectivity index (χ3n) is 3.06. The molecular weight excluding hydrogens is 182 g/mol. The van der Waals surface area contributed by atoms with Gasteiger partial charge in [-0.05, 0) is 13.8 Å². The highest BCUT2D eigenvalue weighted by atomic mass is 16.5. The molecule has 1 aromatic rings. The highest BCUT2D eigenvalue weighted by molar-refractivity contribution is 5.16. The molecule has 0 aromatic carbocycles. The van der Waals surface area contributed by atoms with Crippen molar-refractivity contribution in [1.82, 2.24) is 15.0 Å². The van der Waals surface area contributed by atoms with Gasteiger partial charge in [-0.1, -0.05) is 5.21 Å². The lowest BCUT2D eigenvalue weighted by Gasteiger charge is -2.34. The Morgan fingerprint density at radius 1 is 1.57 bits per heavy atom. The maximum absolute atomic E-state index is 10.5. The first-order valence-corrected chi connectivity index (χ1v) is 4.69. The number of aromatic nitrogens is 3. The molecule has 2 rings (SSSR count). The summed E-state index contributed by atoms with van der Waals surface area (Å²) in [6.07, 6.45) is 2.18. The molecule has 0 radical (unpaired) electrons. The SMILES string of the molecule is Cn1nncc1C1(O)CCOC1(C)C. The quantitative estimate of drug-likeness (QED) is 0.698. The van der Waals surface area contributed by atoms with Crippen molar-refractivity contribution in [3.8, 4) is 0 Å². The molecular formula is C9H15N3O2. The van der Waals surface area contributed by atoms with Crippen molar-refractivity contribution in [2.24, 2.45) is 7.05 Å². The predicted molar refractivity (Wildman–Crippen MR) is 49.5 cm³/mol. The van der Waals surface area contributed by atoms with E-state index in [1.807, 2.05) is 13.8 Å². The van der Waals surface area contributed by atoms with E-state index in [0.29, 0.717) is 18.7 Å². The number of nitrogens with zero attached hydrogens (tertiary/aromatic N) is 3. The van der Waals surface area contributed by atoms with Crippen LogP contribution in [0.1, 0.15) is 26.0 Å². The third-order valence-corrected chi connectivity index (χ3v) is 3.06. The number of ether oxygens (including phenoxy) is 1. The van der Waals surface area contributed by atoms with Gasteiger partial charge in [0.1, 0.15) is 5.60 Å². The van der Waals surface area contributed by atoms with E-state index < -0.39 is 11.2 Å². The van der Waals surface area contributed by atoms with Crippen molar-refractivity contribution in [1.29, 1.82) is 0 Å². The smallest absolute Gasteiger partial charge is 0.138 e. The van der Waals surface area contributed by atoms with E-state index >= 15 is 0 Å². The van der Waals surface area contributed by atoms with Gasteiger partial charge in [0.25, 0.3) is 0 Å². The van der Waals surface area contributed by atoms with Crippen LogP contribution < -0.4 is 0 Å². The molecule has 0 amide bonds. The summed E-state index contributed by atoms with van der Waals surface area (Å²) in [5, 5.41) is 18.1. The van der Waals surface area contributed by atoms with Gasteiger partial charge in [-0.25, -0.2) is 4.68 Å². The summed E-state index contributed by atoms with van der Waals surface area (Å²) in [4.78, 5) is 0. The van der Waals surface area contributed by atoms with E-state index in [1.54, 1.807) is 17.9 Å². The first-order valence-electron chi connectivity index (χ1n) is 4.69. The van der Waals surface area contributed by atoms with Gasteiger partial charge >= 0.3 is 0 Å². The zero-order valence-electron chi connectivity index (χ0n) is 8.69. The normalized spacial score (nSPS) is 30.9. The van der Waals surface area contributed by atoms with Crippen molar-refractivity contribution in [2.75, 3.05) is 6.61 Å². The van der Waals surface area contributed by atoms with Gasteiger partial charge in [-0.2, -0.15) is 0 Å². The molecule has 1 unspecified atom stereocenters. The van der Waals surface area contributed by atoms with Crippen LogP contribution in [0, 0.1) is 0 Å². The first kappa shape index (κ1) is 9.61. The molecule has 1 aliphatic rings. The van der Waals surface area contributed by atoms with Crippen molar-refractivity contribution in [3.05, 3.63) is 11.9 Å². The minimum Gasteiger partial charge on any atom is -0.380 e. The Hall–Kier alpha value is -0.940. The molecule has 5 heteroatoms. The Morgan fingerprint density at radius 2 is 2.29 bits per heavy atom. The first-order chi connectivity index (χ1) is 6.47. The highest BCUT2D eigenvalue weighted by Gasteiger charge is 2.52. The Morgan fingerprint density at radius 3 is 2.71 bits per heavy atom. The number of hydrogen-bond donors (Lipinski definition) is 1. The van der Waals surface area contributed by atoms with Crippen LogP contribution >= 0.6 is 0 Å². The van der Waals surface area contributed by atoms with E-state index in [-0.39, 0.29) is 0 Å². The molecule has 1 aromatic heterocycles. The van der Waals surface area contributed by atoms with Crippen molar-refractivity contribution in [3.63, 3.8) is 0 Å². The summed E-state index contributed by atoms with van der Waals surface area (Å²) in [6.45, 7) is 4.33. The van der Waals surface area contributed by atoms with E-state index in [9.17, 15) is 5.11 Å². The van der Waals surface area contributed by atoms with Crippen molar-refractivity contribution in [2.45, 2.75) is 31.5 Å². The Balaban J connectivity index is 2.47. The van der Waals surface area contributed by atoms with Gasteiger partial charge in [-0.15, -0.1) is 5.10 Å². The third kappa shape index (κ3) is 1.09. The second-order valence-corrected chi connectivity index (χ2v) is 4.21. The fourth-order valence-electron chi connectivity index (χ4n) is 1.97. The minimum atomic E-state index is -0.981. The fourth-order valence-corrected chi connectivity index (χ4v) is 1.97. The van der Waals surface area contributed by atoms with E-state index in [0.717, 1.165) is 0 Å². The van der Waals surface area contributed by atoms with Crippen LogP contribution in [0.3, 0.4) is 0 Å². The maximum Gasteiger partial charge on any atom is 0.138 e. The van der Waals surface area contributed by atoms with E-state index in [1.165, 1.54) is 0 Å². The molecule has 0 bridgehead atoms. The molecule has 5 nitrogen and oxygen atoms in total. The lowest BCUT2D eigenvalue weighted by molar-refractivity contribution is -0.106. The maximum atomic E-state index is 10.5. The second kappa shape index (κ2) is 2.77. The zero-order chi connectivity index (χ0) is 10.4. The van der Waals surface area contributed by atoms with Crippen LogP contribution in [-0.4, -0.2) is 32.3 Å². The number of aliphatic hydroxyl groups is 1. The van der Waals surface area contributed by atoms with Gasteiger partial charge in [0.15, 0.2) is 0 Å². The monoisotopic (exact) mass is 197 g/mol. The summed E-state index contributed by atoms with van der Waals surface area (Å²) in [7, 11) is 1.77. The van der Waals surface area contributed by atoms with Gasteiger partial charge in [0.2, 0.25) is 0 Å². The summed E-state index contributed by atoms with van der Waals surface area (Å²) < 4.78 is 7.11. The number of rotatable bonds is 1. The summed E-state index contributed by atoms with van der Waals surface area (Å²) in [5.74, 6) is 0. The van der Waals surface area contributed by atoms with Crippen molar-refractivity contribution < 1.29 is 9.84 Å². The molecule has 2 heterocycles. The Labute approximate surface area is 82.7 Å². The minimum absolute atomic E-state index is 0.564. The molecule has 0 spiro atoms. The second-order valence-electron chi connectivity index (χ2n) is 4.21. The summed E-state index contributed by atoms with van der Waals surface area (Å²) in [5.41, 5.74) is -0.853. The molecule has 14 heavy (non-hydrogen) atoms.